The van der Waals surface area contributed by atoms with Gasteiger partial charge < -0.3 is 10.1 Å². The number of rotatable bonds is 10. The molecule has 0 heterocycles. The fraction of sp³-hybridized carbons (Fsp3) is 0.350. The smallest absolute Gasteiger partial charge is 0.251 e. The van der Waals surface area contributed by atoms with Gasteiger partial charge in [0.25, 0.3) is 5.91 Å². The van der Waals surface area contributed by atoms with Gasteiger partial charge in [-0.15, -0.1) is 0 Å². The van der Waals surface area contributed by atoms with Crippen LogP contribution >= 0.6 is 0 Å². The number of hydrogen-bond acceptors (Lipinski definition) is 4. The van der Waals surface area contributed by atoms with E-state index >= 15 is 0 Å². The molecule has 27 heavy (non-hydrogen) atoms. The lowest BCUT2D eigenvalue weighted by Gasteiger charge is -2.09. The number of carbonyl (C=O) groups excluding carboxylic acids is 1. The lowest BCUT2D eigenvalue weighted by molar-refractivity contribution is 0.0950. The van der Waals surface area contributed by atoms with Crippen LogP contribution in [0.2, 0.25) is 0 Å². The molecule has 6 nitrogen and oxygen atoms in total. The van der Waals surface area contributed by atoms with Gasteiger partial charge >= 0.3 is 0 Å². The van der Waals surface area contributed by atoms with Gasteiger partial charge in [0.15, 0.2) is 0 Å². The Morgan fingerprint density at radius 3 is 2.48 bits per heavy atom. The van der Waals surface area contributed by atoms with Crippen molar-refractivity contribution in [1.82, 2.24) is 10.0 Å². The van der Waals surface area contributed by atoms with Crippen molar-refractivity contribution in [2.24, 2.45) is 0 Å². The van der Waals surface area contributed by atoms with Gasteiger partial charge in [-0.05, 0) is 48.4 Å². The average molecular weight is 391 g/mol. The molecule has 0 fully saturated rings. The first-order valence-electron chi connectivity index (χ1n) is 9.06. The second-order valence-corrected chi connectivity index (χ2v) is 7.82. The van der Waals surface area contributed by atoms with Crippen LogP contribution in [0.3, 0.4) is 0 Å². The third kappa shape index (κ3) is 6.37. The standard InChI is InChI=1S/C20H26N2O4S/c1-3-5-13-26-18-8-6-7-16(14-18)15-21-20(23)17-9-11-19(12-10-17)27(24,25)22-4-2/h6-12,14,22H,3-5,13,15H2,1-2H3,(H,21,23). The quantitative estimate of drug-likeness (QED) is 0.611. The second kappa shape index (κ2) is 10.1. The molecule has 0 saturated heterocycles. The Bertz CT molecular complexity index is 849. The van der Waals surface area contributed by atoms with E-state index in [2.05, 4.69) is 17.0 Å². The maximum atomic E-state index is 12.3. The summed E-state index contributed by atoms with van der Waals surface area (Å²) in [6.07, 6.45) is 2.07. The van der Waals surface area contributed by atoms with E-state index in [1.165, 1.54) is 24.3 Å². The summed E-state index contributed by atoms with van der Waals surface area (Å²) >= 11 is 0. The van der Waals surface area contributed by atoms with Crippen LogP contribution in [-0.2, 0) is 16.6 Å². The highest BCUT2D eigenvalue weighted by atomic mass is 32.2. The zero-order valence-corrected chi connectivity index (χ0v) is 16.5. The van der Waals surface area contributed by atoms with Crippen molar-refractivity contribution < 1.29 is 17.9 Å². The molecule has 0 aliphatic carbocycles. The Kier molecular flexibility index (Phi) is 7.82. The minimum absolute atomic E-state index is 0.137. The van der Waals surface area contributed by atoms with E-state index in [1.54, 1.807) is 6.92 Å². The molecule has 0 spiro atoms. The highest BCUT2D eigenvalue weighted by Gasteiger charge is 2.13. The van der Waals surface area contributed by atoms with Crippen LogP contribution in [0.25, 0.3) is 0 Å². The molecular weight excluding hydrogens is 364 g/mol. The molecular formula is C20H26N2O4S. The highest BCUT2D eigenvalue weighted by molar-refractivity contribution is 7.89. The van der Waals surface area contributed by atoms with Gasteiger partial charge in [0.1, 0.15) is 5.75 Å². The summed E-state index contributed by atoms with van der Waals surface area (Å²) in [5.74, 6) is 0.521. The van der Waals surface area contributed by atoms with E-state index in [1.807, 2.05) is 24.3 Å². The molecule has 0 saturated carbocycles. The molecule has 0 radical (unpaired) electrons. The summed E-state index contributed by atoms with van der Waals surface area (Å²) in [6.45, 7) is 5.17. The fourth-order valence-electron chi connectivity index (χ4n) is 2.42. The minimum Gasteiger partial charge on any atom is -0.494 e. The summed E-state index contributed by atoms with van der Waals surface area (Å²) in [4.78, 5) is 12.4. The second-order valence-electron chi connectivity index (χ2n) is 6.06. The number of hydrogen-bond donors (Lipinski definition) is 2. The predicted molar refractivity (Wildman–Crippen MR) is 105 cm³/mol. The van der Waals surface area contributed by atoms with E-state index in [0.29, 0.717) is 25.3 Å². The Hall–Kier alpha value is -2.38. The van der Waals surface area contributed by atoms with Gasteiger partial charge in [-0.1, -0.05) is 32.4 Å². The van der Waals surface area contributed by atoms with E-state index in [-0.39, 0.29) is 10.8 Å². The zero-order valence-electron chi connectivity index (χ0n) is 15.7. The molecule has 2 aromatic carbocycles. The molecule has 146 valence electrons. The van der Waals surface area contributed by atoms with Crippen molar-refractivity contribution in [1.29, 1.82) is 0 Å². The third-order valence-electron chi connectivity index (χ3n) is 3.88. The van der Waals surface area contributed by atoms with Gasteiger partial charge in [0.2, 0.25) is 10.0 Å². The van der Waals surface area contributed by atoms with Crippen molar-refractivity contribution in [3.05, 3.63) is 59.7 Å². The molecule has 2 N–H and O–H groups in total. The Morgan fingerprint density at radius 2 is 1.81 bits per heavy atom. The number of nitrogens with one attached hydrogen (secondary N) is 2. The van der Waals surface area contributed by atoms with E-state index in [9.17, 15) is 13.2 Å². The van der Waals surface area contributed by atoms with E-state index in [0.717, 1.165) is 24.2 Å². The number of benzene rings is 2. The van der Waals surface area contributed by atoms with Crippen LogP contribution in [0.1, 0.15) is 42.6 Å². The largest absolute Gasteiger partial charge is 0.494 e. The van der Waals surface area contributed by atoms with Crippen molar-refractivity contribution >= 4 is 15.9 Å². The molecule has 0 bridgehead atoms. The first kappa shape index (κ1) is 20.9. The molecule has 0 aliphatic heterocycles. The molecule has 2 aromatic rings. The summed E-state index contributed by atoms with van der Waals surface area (Å²) in [5, 5.41) is 2.83. The first-order chi connectivity index (χ1) is 13.0. The monoisotopic (exact) mass is 390 g/mol. The van der Waals surface area contributed by atoms with Crippen LogP contribution in [0.4, 0.5) is 0 Å². The molecule has 0 unspecified atom stereocenters. The molecule has 0 aliphatic rings. The number of carbonyl (C=O) groups is 1. The third-order valence-corrected chi connectivity index (χ3v) is 5.44. The van der Waals surface area contributed by atoms with Gasteiger partial charge in [0, 0.05) is 18.7 Å². The summed E-state index contributed by atoms with van der Waals surface area (Å²) < 4.78 is 31.9. The van der Waals surface area contributed by atoms with Crippen LogP contribution in [0.15, 0.2) is 53.4 Å². The molecule has 0 atom stereocenters. The Balaban J connectivity index is 1.95. The summed E-state index contributed by atoms with van der Waals surface area (Å²) in [5.41, 5.74) is 1.34. The number of ether oxygens (including phenoxy) is 1. The lowest BCUT2D eigenvalue weighted by Crippen LogP contribution is -2.24. The van der Waals surface area contributed by atoms with Gasteiger partial charge in [-0.3, -0.25) is 4.79 Å². The Morgan fingerprint density at radius 1 is 1.07 bits per heavy atom. The Labute approximate surface area is 161 Å². The van der Waals surface area contributed by atoms with Crippen LogP contribution < -0.4 is 14.8 Å². The zero-order chi connectivity index (χ0) is 19.7. The van der Waals surface area contributed by atoms with Gasteiger partial charge in [-0.2, -0.15) is 0 Å². The topological polar surface area (TPSA) is 84.5 Å². The lowest BCUT2D eigenvalue weighted by atomic mass is 10.2. The SMILES string of the molecule is CCCCOc1cccc(CNC(=O)c2ccc(S(=O)(=O)NCC)cc2)c1. The normalized spacial score (nSPS) is 11.2. The van der Waals surface area contributed by atoms with Crippen molar-refractivity contribution in [3.63, 3.8) is 0 Å². The van der Waals surface area contributed by atoms with Gasteiger partial charge in [0.05, 0.1) is 11.5 Å². The summed E-state index contributed by atoms with van der Waals surface area (Å²) in [7, 11) is -3.52. The molecule has 1 amide bonds. The number of sulfonamides is 1. The molecule has 7 heteroatoms. The number of amides is 1. The first-order valence-corrected chi connectivity index (χ1v) is 10.5. The maximum Gasteiger partial charge on any atom is 0.251 e. The summed E-state index contributed by atoms with van der Waals surface area (Å²) in [6, 6.07) is 13.5. The van der Waals surface area contributed by atoms with Crippen LogP contribution in [0, 0.1) is 0 Å². The fourth-order valence-corrected chi connectivity index (χ4v) is 3.46. The van der Waals surface area contributed by atoms with Crippen molar-refractivity contribution in [3.8, 4) is 5.75 Å². The molecule has 0 aromatic heterocycles. The van der Waals surface area contributed by atoms with E-state index in [4.69, 9.17) is 4.74 Å². The molecule has 2 rings (SSSR count). The van der Waals surface area contributed by atoms with Crippen LogP contribution in [-0.4, -0.2) is 27.5 Å². The predicted octanol–water partition coefficient (Wildman–Crippen LogP) is 3.09. The van der Waals surface area contributed by atoms with Crippen molar-refractivity contribution in [2.45, 2.75) is 38.1 Å². The number of unbranched alkanes of at least 4 members (excludes halogenated alkanes) is 1. The van der Waals surface area contributed by atoms with Crippen molar-refractivity contribution in [2.75, 3.05) is 13.2 Å². The van der Waals surface area contributed by atoms with E-state index < -0.39 is 10.0 Å². The average Bonchev–Trinajstić information content (AvgIpc) is 2.67. The van der Waals surface area contributed by atoms with Crippen LogP contribution in [0.5, 0.6) is 5.75 Å². The minimum atomic E-state index is -3.52. The highest BCUT2D eigenvalue weighted by Crippen LogP contribution is 2.14. The maximum absolute atomic E-state index is 12.3. The van der Waals surface area contributed by atoms with Gasteiger partial charge in [-0.25, -0.2) is 13.1 Å².